The highest BCUT2D eigenvalue weighted by Gasteiger charge is 2.22. The number of aromatic nitrogens is 2. The van der Waals surface area contributed by atoms with Crippen LogP contribution < -0.4 is 5.56 Å². The van der Waals surface area contributed by atoms with Crippen molar-refractivity contribution in [2.24, 2.45) is 0 Å². The first-order chi connectivity index (χ1) is 7.90. The Balaban J connectivity index is 3.24. The van der Waals surface area contributed by atoms with Gasteiger partial charge in [0.05, 0.1) is 11.6 Å². The molecule has 0 N–H and O–H groups in total. The molecule has 1 aromatic heterocycles. The van der Waals surface area contributed by atoms with Crippen LogP contribution in [0.25, 0.3) is 0 Å². The Morgan fingerprint density at radius 1 is 1.53 bits per heavy atom. The lowest BCUT2D eigenvalue weighted by Gasteiger charge is -2.13. The number of halogens is 3. The third-order valence-electron chi connectivity index (χ3n) is 1.96. The molecule has 0 saturated carbocycles. The molecule has 0 amide bonds. The van der Waals surface area contributed by atoms with Gasteiger partial charge in [0.1, 0.15) is 9.63 Å². The predicted molar refractivity (Wildman–Crippen MR) is 67.6 cm³/mol. The van der Waals surface area contributed by atoms with Crippen LogP contribution in [-0.4, -0.2) is 22.4 Å². The lowest BCUT2D eigenvalue weighted by atomic mass is 10.3. The van der Waals surface area contributed by atoms with Crippen LogP contribution in [0.2, 0.25) is 10.0 Å². The standard InChI is InChI=1S/C9H9BrCl2N2O3/c1-3-17-9(16)4(2)14-8(15)6(12)5(11)7(10)13-14/h4H,3H2,1-2H3. The van der Waals surface area contributed by atoms with E-state index in [1.54, 1.807) is 6.92 Å². The maximum absolute atomic E-state index is 11.7. The van der Waals surface area contributed by atoms with Gasteiger partial charge in [0.2, 0.25) is 0 Å². The lowest BCUT2D eigenvalue weighted by Crippen LogP contribution is -2.32. The second-order valence-corrected chi connectivity index (χ2v) is 4.60. The first-order valence-corrected chi connectivity index (χ1v) is 6.25. The van der Waals surface area contributed by atoms with E-state index in [1.807, 2.05) is 0 Å². The molecule has 0 bridgehead atoms. The van der Waals surface area contributed by atoms with E-state index >= 15 is 0 Å². The van der Waals surface area contributed by atoms with E-state index in [2.05, 4.69) is 21.0 Å². The number of esters is 1. The number of ether oxygens (including phenoxy) is 1. The highest BCUT2D eigenvalue weighted by Crippen LogP contribution is 2.25. The maximum atomic E-state index is 11.7. The van der Waals surface area contributed by atoms with E-state index in [0.717, 1.165) is 4.68 Å². The van der Waals surface area contributed by atoms with Gasteiger partial charge in [0.15, 0.2) is 6.04 Å². The van der Waals surface area contributed by atoms with Crippen LogP contribution >= 0.6 is 39.1 Å². The summed E-state index contributed by atoms with van der Waals surface area (Å²) < 4.78 is 5.91. The topological polar surface area (TPSA) is 61.2 Å². The van der Waals surface area contributed by atoms with Crippen LogP contribution in [0.3, 0.4) is 0 Å². The van der Waals surface area contributed by atoms with Gasteiger partial charge in [-0.05, 0) is 29.8 Å². The molecule has 1 rings (SSSR count). The lowest BCUT2D eigenvalue weighted by molar-refractivity contribution is -0.147. The zero-order chi connectivity index (χ0) is 13.2. The summed E-state index contributed by atoms with van der Waals surface area (Å²) in [5.74, 6) is -0.563. The van der Waals surface area contributed by atoms with Crippen molar-refractivity contribution in [3.63, 3.8) is 0 Å². The number of carbonyl (C=O) groups excluding carboxylic acids is 1. The molecule has 94 valence electrons. The minimum atomic E-state index is -0.867. The largest absolute Gasteiger partial charge is 0.464 e. The summed E-state index contributed by atoms with van der Waals surface area (Å²) in [6.45, 7) is 3.38. The number of hydrogen-bond acceptors (Lipinski definition) is 4. The molecule has 1 aromatic rings. The molecule has 0 aliphatic carbocycles. The Labute approximate surface area is 116 Å². The average molecular weight is 344 g/mol. The molecule has 1 atom stereocenters. The van der Waals surface area contributed by atoms with Crippen molar-refractivity contribution in [2.75, 3.05) is 6.61 Å². The number of rotatable bonds is 3. The monoisotopic (exact) mass is 342 g/mol. The van der Waals surface area contributed by atoms with Crippen molar-refractivity contribution >= 4 is 45.1 Å². The Kier molecular flexibility index (Phi) is 4.97. The molecule has 0 aliphatic heterocycles. The summed E-state index contributed by atoms with van der Waals surface area (Å²) in [6.07, 6.45) is 0. The quantitative estimate of drug-likeness (QED) is 0.791. The Morgan fingerprint density at radius 2 is 2.12 bits per heavy atom. The molecule has 0 aromatic carbocycles. The van der Waals surface area contributed by atoms with Crippen molar-refractivity contribution in [1.82, 2.24) is 9.78 Å². The van der Waals surface area contributed by atoms with E-state index in [1.165, 1.54) is 6.92 Å². The minimum Gasteiger partial charge on any atom is -0.464 e. The van der Waals surface area contributed by atoms with Crippen LogP contribution in [0.5, 0.6) is 0 Å². The van der Waals surface area contributed by atoms with E-state index in [9.17, 15) is 9.59 Å². The van der Waals surface area contributed by atoms with Gasteiger partial charge in [0, 0.05) is 0 Å². The summed E-state index contributed by atoms with van der Waals surface area (Å²) >= 11 is 14.5. The fraction of sp³-hybridized carbons (Fsp3) is 0.444. The fourth-order valence-electron chi connectivity index (χ4n) is 1.09. The molecule has 0 fully saturated rings. The van der Waals surface area contributed by atoms with E-state index in [-0.39, 0.29) is 21.3 Å². The summed E-state index contributed by atoms with van der Waals surface area (Å²) in [7, 11) is 0. The Bertz CT molecular complexity index is 504. The SMILES string of the molecule is CCOC(=O)C(C)n1nc(Br)c(Cl)c(Cl)c1=O. The third kappa shape index (κ3) is 3.00. The Morgan fingerprint density at radius 3 is 2.65 bits per heavy atom. The van der Waals surface area contributed by atoms with Crippen LogP contribution in [0.15, 0.2) is 9.40 Å². The molecular formula is C9H9BrCl2N2O3. The average Bonchev–Trinajstić information content (AvgIpc) is 2.30. The van der Waals surface area contributed by atoms with Gasteiger partial charge >= 0.3 is 5.97 Å². The second kappa shape index (κ2) is 5.84. The number of nitrogens with zero attached hydrogens (tertiary/aromatic N) is 2. The summed E-state index contributed by atoms with van der Waals surface area (Å²) in [6, 6.07) is -0.867. The van der Waals surface area contributed by atoms with E-state index in [0.29, 0.717) is 0 Å². The minimum absolute atomic E-state index is 0.0176. The van der Waals surface area contributed by atoms with Crippen LogP contribution in [0.4, 0.5) is 0 Å². The summed E-state index contributed by atoms with van der Waals surface area (Å²) in [4.78, 5) is 23.2. The first-order valence-electron chi connectivity index (χ1n) is 4.70. The number of hydrogen-bond donors (Lipinski definition) is 0. The third-order valence-corrected chi connectivity index (χ3v) is 3.56. The molecule has 0 radical (unpaired) electrons. The van der Waals surface area contributed by atoms with Gasteiger partial charge in [-0.2, -0.15) is 5.10 Å². The van der Waals surface area contributed by atoms with Crippen molar-refractivity contribution in [3.05, 3.63) is 25.0 Å². The molecule has 17 heavy (non-hydrogen) atoms. The maximum Gasteiger partial charge on any atom is 0.330 e. The van der Waals surface area contributed by atoms with Gasteiger partial charge in [-0.15, -0.1) is 0 Å². The van der Waals surface area contributed by atoms with E-state index in [4.69, 9.17) is 27.9 Å². The molecule has 5 nitrogen and oxygen atoms in total. The van der Waals surface area contributed by atoms with Crippen LogP contribution in [0, 0.1) is 0 Å². The van der Waals surface area contributed by atoms with Crippen LogP contribution in [0.1, 0.15) is 19.9 Å². The van der Waals surface area contributed by atoms with Gasteiger partial charge in [0.25, 0.3) is 5.56 Å². The van der Waals surface area contributed by atoms with Crippen molar-refractivity contribution in [1.29, 1.82) is 0 Å². The molecule has 1 heterocycles. The summed E-state index contributed by atoms with van der Waals surface area (Å²) in [5, 5.41) is 3.67. The second-order valence-electron chi connectivity index (χ2n) is 3.10. The number of carbonyl (C=O) groups is 1. The molecular weight excluding hydrogens is 335 g/mol. The molecule has 0 aliphatic rings. The molecule has 0 saturated heterocycles. The van der Waals surface area contributed by atoms with Crippen molar-refractivity contribution in [2.45, 2.75) is 19.9 Å². The first kappa shape index (κ1) is 14.5. The van der Waals surface area contributed by atoms with Crippen LogP contribution in [-0.2, 0) is 9.53 Å². The smallest absolute Gasteiger partial charge is 0.330 e. The van der Waals surface area contributed by atoms with Crippen molar-refractivity contribution in [3.8, 4) is 0 Å². The zero-order valence-electron chi connectivity index (χ0n) is 9.04. The highest BCUT2D eigenvalue weighted by atomic mass is 79.9. The van der Waals surface area contributed by atoms with Gasteiger partial charge in [-0.3, -0.25) is 4.79 Å². The van der Waals surface area contributed by atoms with Crippen molar-refractivity contribution < 1.29 is 9.53 Å². The predicted octanol–water partition coefficient (Wildman–Crippen LogP) is 2.44. The molecule has 8 heteroatoms. The fourth-order valence-corrected chi connectivity index (χ4v) is 1.87. The zero-order valence-corrected chi connectivity index (χ0v) is 12.1. The summed E-state index contributed by atoms with van der Waals surface area (Å²) in [5.41, 5.74) is -0.639. The van der Waals surface area contributed by atoms with Gasteiger partial charge in [-0.25, -0.2) is 9.48 Å². The van der Waals surface area contributed by atoms with E-state index < -0.39 is 17.6 Å². The highest BCUT2D eigenvalue weighted by molar-refractivity contribution is 9.10. The van der Waals surface area contributed by atoms with Gasteiger partial charge in [-0.1, -0.05) is 23.2 Å². The molecule has 1 unspecified atom stereocenters. The Hall–Kier alpha value is -0.590. The van der Waals surface area contributed by atoms with Gasteiger partial charge < -0.3 is 4.74 Å². The molecule has 0 spiro atoms. The normalized spacial score (nSPS) is 12.3.